The summed E-state index contributed by atoms with van der Waals surface area (Å²) in [5, 5.41) is -0.224. The largest absolute Gasteiger partial charge is 0.355 e. The zero-order valence-electron chi connectivity index (χ0n) is 12.0. The van der Waals surface area contributed by atoms with Crippen LogP contribution >= 0.6 is 11.6 Å². The van der Waals surface area contributed by atoms with Gasteiger partial charge in [-0.15, -0.1) is 11.6 Å². The van der Waals surface area contributed by atoms with Crippen LogP contribution in [-0.4, -0.2) is 32.5 Å². The Hall–Kier alpha value is -1.11. The first-order valence-electron chi connectivity index (χ1n) is 6.78. The van der Waals surface area contributed by atoms with E-state index < -0.39 is 16.3 Å². The summed E-state index contributed by atoms with van der Waals surface area (Å²) in [4.78, 5) is 4.42. The highest BCUT2D eigenvalue weighted by molar-refractivity contribution is 7.90. The van der Waals surface area contributed by atoms with Gasteiger partial charge < -0.3 is 4.74 Å². The summed E-state index contributed by atoms with van der Waals surface area (Å²) in [6, 6.07) is 6.62. The lowest BCUT2D eigenvalue weighted by molar-refractivity contribution is 0.0255. The third-order valence-electron chi connectivity index (χ3n) is 3.16. The van der Waals surface area contributed by atoms with E-state index in [0.717, 1.165) is 18.4 Å². The van der Waals surface area contributed by atoms with Crippen LogP contribution in [0.4, 0.5) is 0 Å². The van der Waals surface area contributed by atoms with Gasteiger partial charge in [-0.25, -0.2) is 13.4 Å². The third-order valence-corrected chi connectivity index (χ3v) is 5.05. The van der Waals surface area contributed by atoms with Gasteiger partial charge in [0.25, 0.3) is 10.0 Å². The number of amidine groups is 1. The highest BCUT2D eigenvalue weighted by atomic mass is 35.5. The van der Waals surface area contributed by atoms with Gasteiger partial charge >= 0.3 is 0 Å². The summed E-state index contributed by atoms with van der Waals surface area (Å²) in [5.41, 5.74) is 1.000. The minimum absolute atomic E-state index is 0.203. The number of nitrogens with zero attached hydrogens (tertiary/aromatic N) is 1. The van der Waals surface area contributed by atoms with Gasteiger partial charge in [0.1, 0.15) is 5.84 Å². The molecule has 116 valence electrons. The zero-order chi connectivity index (χ0) is 15.5. The molecular formula is C14H19ClN2O3S. The summed E-state index contributed by atoms with van der Waals surface area (Å²) in [5.74, 6) is 0.271. The van der Waals surface area contributed by atoms with Gasteiger partial charge in [-0.05, 0) is 38.8 Å². The SMILES string of the molecule is C/C(=N/C1OCCC[C@@H]1Cl)NS(=O)(=O)c1ccc(C)cc1. The molecule has 1 unspecified atom stereocenters. The number of aryl methyl sites for hydroxylation is 1. The van der Waals surface area contributed by atoms with Gasteiger partial charge in [0, 0.05) is 6.61 Å². The Kier molecular flexibility index (Phi) is 5.24. The standard InChI is InChI=1S/C14H19ClN2O3S/c1-10-5-7-12(8-6-10)21(18,19)17-11(2)16-14-13(15)4-3-9-20-14/h5-8,13-14H,3-4,9H2,1-2H3,(H,16,17)/t13-,14?/m0/s1. The summed E-state index contributed by atoms with van der Waals surface area (Å²) in [7, 11) is -3.62. The Morgan fingerprint density at radius 1 is 1.38 bits per heavy atom. The van der Waals surface area contributed by atoms with Crippen molar-refractivity contribution in [2.45, 2.75) is 43.2 Å². The van der Waals surface area contributed by atoms with Gasteiger partial charge in [0.15, 0.2) is 6.23 Å². The minimum atomic E-state index is -3.62. The fourth-order valence-electron chi connectivity index (χ4n) is 2.04. The second kappa shape index (κ2) is 6.77. The number of halogens is 1. The van der Waals surface area contributed by atoms with Gasteiger partial charge in [0.2, 0.25) is 0 Å². The van der Waals surface area contributed by atoms with Crippen molar-refractivity contribution < 1.29 is 13.2 Å². The van der Waals surface area contributed by atoms with Crippen LogP contribution < -0.4 is 4.72 Å². The van der Waals surface area contributed by atoms with E-state index in [2.05, 4.69) is 9.71 Å². The number of rotatable bonds is 3. The van der Waals surface area contributed by atoms with Crippen molar-refractivity contribution in [1.82, 2.24) is 4.72 Å². The van der Waals surface area contributed by atoms with Crippen molar-refractivity contribution >= 4 is 27.5 Å². The highest BCUT2D eigenvalue weighted by Gasteiger charge is 2.24. The summed E-state index contributed by atoms with van der Waals surface area (Å²) < 4.78 is 32.3. The molecular weight excluding hydrogens is 312 g/mol. The molecule has 1 aromatic carbocycles. The van der Waals surface area contributed by atoms with E-state index in [1.54, 1.807) is 31.2 Å². The second-order valence-electron chi connectivity index (χ2n) is 5.05. The summed E-state index contributed by atoms with van der Waals surface area (Å²) in [6.07, 6.45) is 1.21. The van der Waals surface area contributed by atoms with E-state index in [1.165, 1.54) is 0 Å². The van der Waals surface area contributed by atoms with E-state index in [9.17, 15) is 8.42 Å². The van der Waals surface area contributed by atoms with Gasteiger partial charge in [-0.3, -0.25) is 4.72 Å². The maximum Gasteiger partial charge on any atom is 0.262 e. The maximum atomic E-state index is 12.2. The number of hydrogen-bond donors (Lipinski definition) is 1. The number of nitrogens with one attached hydrogen (secondary N) is 1. The molecule has 1 aliphatic rings. The highest BCUT2D eigenvalue weighted by Crippen LogP contribution is 2.20. The molecule has 1 fully saturated rings. The Morgan fingerprint density at radius 3 is 2.67 bits per heavy atom. The van der Waals surface area contributed by atoms with Crippen LogP contribution in [0.2, 0.25) is 0 Å². The molecule has 1 saturated heterocycles. The predicted octanol–water partition coefficient (Wildman–Crippen LogP) is 2.44. The average Bonchev–Trinajstić information content (AvgIpc) is 2.41. The first-order valence-corrected chi connectivity index (χ1v) is 8.70. The predicted molar refractivity (Wildman–Crippen MR) is 83.2 cm³/mol. The van der Waals surface area contributed by atoms with Crippen LogP contribution in [-0.2, 0) is 14.8 Å². The Morgan fingerprint density at radius 2 is 2.05 bits per heavy atom. The molecule has 7 heteroatoms. The number of ether oxygens (including phenoxy) is 1. The van der Waals surface area contributed by atoms with Crippen LogP contribution in [0.3, 0.4) is 0 Å². The van der Waals surface area contributed by atoms with Crippen molar-refractivity contribution in [3.8, 4) is 0 Å². The molecule has 0 bridgehead atoms. The molecule has 21 heavy (non-hydrogen) atoms. The first-order chi connectivity index (χ1) is 9.88. The van der Waals surface area contributed by atoms with Crippen molar-refractivity contribution in [1.29, 1.82) is 0 Å². The molecule has 1 N–H and O–H groups in total. The number of alkyl halides is 1. The van der Waals surface area contributed by atoms with Crippen molar-refractivity contribution in [2.75, 3.05) is 6.61 Å². The Balaban J connectivity index is 2.10. The maximum absolute atomic E-state index is 12.2. The number of aliphatic imine (C=N–C) groups is 1. The van der Waals surface area contributed by atoms with Gasteiger partial charge in [0.05, 0.1) is 10.3 Å². The molecule has 5 nitrogen and oxygen atoms in total. The van der Waals surface area contributed by atoms with Crippen molar-refractivity contribution in [3.63, 3.8) is 0 Å². The quantitative estimate of drug-likeness (QED) is 0.526. The molecule has 1 aliphatic heterocycles. The third kappa shape index (κ3) is 4.43. The molecule has 0 spiro atoms. The molecule has 2 rings (SSSR count). The van der Waals surface area contributed by atoms with Crippen molar-refractivity contribution in [2.24, 2.45) is 4.99 Å². The molecule has 0 aromatic heterocycles. The van der Waals surface area contributed by atoms with Crippen LogP contribution in [0.1, 0.15) is 25.3 Å². The fraction of sp³-hybridized carbons (Fsp3) is 0.500. The van der Waals surface area contributed by atoms with Crippen LogP contribution in [0, 0.1) is 6.92 Å². The lowest BCUT2D eigenvalue weighted by atomic mass is 10.2. The lowest BCUT2D eigenvalue weighted by Gasteiger charge is -2.24. The van der Waals surface area contributed by atoms with E-state index >= 15 is 0 Å². The van der Waals surface area contributed by atoms with E-state index in [4.69, 9.17) is 16.3 Å². The topological polar surface area (TPSA) is 67.8 Å². The van der Waals surface area contributed by atoms with Gasteiger partial charge in [-0.1, -0.05) is 17.7 Å². The summed E-state index contributed by atoms with van der Waals surface area (Å²) >= 11 is 6.12. The monoisotopic (exact) mass is 330 g/mol. The van der Waals surface area contributed by atoms with Crippen LogP contribution in [0.25, 0.3) is 0 Å². The van der Waals surface area contributed by atoms with E-state index in [1.807, 2.05) is 6.92 Å². The minimum Gasteiger partial charge on any atom is -0.355 e. The first kappa shape index (κ1) is 16.3. The second-order valence-corrected chi connectivity index (χ2v) is 7.30. The summed E-state index contributed by atoms with van der Waals surface area (Å²) in [6.45, 7) is 4.08. The molecule has 1 aromatic rings. The molecule has 1 heterocycles. The number of sulfonamides is 1. The normalized spacial score (nSPS) is 23.9. The fourth-order valence-corrected chi connectivity index (χ4v) is 3.37. The number of benzene rings is 1. The molecule has 2 atom stereocenters. The molecule has 0 saturated carbocycles. The number of hydrogen-bond acceptors (Lipinski definition) is 4. The Labute approximate surface area is 130 Å². The lowest BCUT2D eigenvalue weighted by Crippen LogP contribution is -2.34. The molecule has 0 radical (unpaired) electrons. The van der Waals surface area contributed by atoms with Crippen LogP contribution in [0.5, 0.6) is 0 Å². The van der Waals surface area contributed by atoms with Gasteiger partial charge in [-0.2, -0.15) is 0 Å². The average molecular weight is 331 g/mol. The molecule has 0 aliphatic carbocycles. The van der Waals surface area contributed by atoms with Crippen LogP contribution in [0.15, 0.2) is 34.2 Å². The van der Waals surface area contributed by atoms with E-state index in [-0.39, 0.29) is 16.1 Å². The smallest absolute Gasteiger partial charge is 0.262 e. The zero-order valence-corrected chi connectivity index (χ0v) is 13.6. The van der Waals surface area contributed by atoms with Crippen molar-refractivity contribution in [3.05, 3.63) is 29.8 Å². The Bertz CT molecular complexity index is 614. The molecule has 0 amide bonds. The van der Waals surface area contributed by atoms with E-state index in [0.29, 0.717) is 6.61 Å².